The lowest BCUT2D eigenvalue weighted by molar-refractivity contribution is -0.124. The molecule has 2 aliphatic rings. The number of ether oxygens (including phenoxy) is 2. The monoisotopic (exact) mass is 304 g/mol. The molecule has 3 rings (SSSR count). The summed E-state index contributed by atoms with van der Waals surface area (Å²) in [5.74, 6) is 1.57. The molecule has 0 aliphatic carbocycles. The van der Waals surface area contributed by atoms with E-state index in [2.05, 4.69) is 5.32 Å². The maximum atomic E-state index is 12.2. The molecule has 6 heteroatoms. The number of carbonyl (C=O) groups excluding carboxylic acids is 2. The predicted octanol–water partition coefficient (Wildman–Crippen LogP) is 1.54. The van der Waals surface area contributed by atoms with Crippen molar-refractivity contribution < 1.29 is 19.1 Å². The highest BCUT2D eigenvalue weighted by Gasteiger charge is 2.31. The van der Waals surface area contributed by atoms with E-state index in [1.54, 1.807) is 4.90 Å². The number of anilines is 1. The zero-order chi connectivity index (χ0) is 15.7. The molecule has 0 spiro atoms. The normalized spacial score (nSPS) is 19.9. The van der Waals surface area contributed by atoms with E-state index < -0.39 is 0 Å². The molecular weight excluding hydrogens is 284 g/mol. The molecule has 1 aromatic rings. The third kappa shape index (κ3) is 2.86. The van der Waals surface area contributed by atoms with Crippen molar-refractivity contribution in [2.45, 2.75) is 20.3 Å². The lowest BCUT2D eigenvalue weighted by atomic mass is 10.1. The van der Waals surface area contributed by atoms with Gasteiger partial charge in [0.25, 0.3) is 0 Å². The second-order valence-electron chi connectivity index (χ2n) is 6.01. The molecule has 1 fully saturated rings. The van der Waals surface area contributed by atoms with Crippen LogP contribution in [0.4, 0.5) is 5.69 Å². The van der Waals surface area contributed by atoms with Crippen molar-refractivity contribution in [3.05, 3.63) is 18.2 Å². The number of hydrogen-bond donors (Lipinski definition) is 1. The van der Waals surface area contributed by atoms with Crippen molar-refractivity contribution in [3.8, 4) is 11.5 Å². The molecule has 2 aliphatic heterocycles. The SMILES string of the molecule is CC(C)C(=O)NC[C@H]1CC(=O)N(c2ccc3c(c2)OCO3)C1. The summed E-state index contributed by atoms with van der Waals surface area (Å²) < 4.78 is 10.6. The molecule has 2 amide bonds. The van der Waals surface area contributed by atoms with Gasteiger partial charge >= 0.3 is 0 Å². The molecule has 0 unspecified atom stereocenters. The molecule has 1 atom stereocenters. The zero-order valence-electron chi connectivity index (χ0n) is 12.8. The highest BCUT2D eigenvalue weighted by Crippen LogP contribution is 2.37. The molecule has 0 bridgehead atoms. The first-order chi connectivity index (χ1) is 10.5. The minimum absolute atomic E-state index is 0.0222. The van der Waals surface area contributed by atoms with Crippen LogP contribution in [-0.2, 0) is 9.59 Å². The summed E-state index contributed by atoms with van der Waals surface area (Å²) in [6.07, 6.45) is 0.451. The molecular formula is C16H20N2O4. The number of nitrogens with zero attached hydrogens (tertiary/aromatic N) is 1. The topological polar surface area (TPSA) is 67.9 Å². The third-order valence-corrected chi connectivity index (χ3v) is 3.96. The van der Waals surface area contributed by atoms with Crippen LogP contribution in [0.1, 0.15) is 20.3 Å². The van der Waals surface area contributed by atoms with Crippen LogP contribution >= 0.6 is 0 Å². The molecule has 2 heterocycles. The van der Waals surface area contributed by atoms with E-state index in [-0.39, 0.29) is 30.4 Å². The van der Waals surface area contributed by atoms with Gasteiger partial charge in [0, 0.05) is 43.1 Å². The van der Waals surface area contributed by atoms with Crippen LogP contribution in [0.2, 0.25) is 0 Å². The van der Waals surface area contributed by atoms with Gasteiger partial charge in [-0.1, -0.05) is 13.8 Å². The van der Waals surface area contributed by atoms with E-state index in [1.165, 1.54) is 0 Å². The maximum absolute atomic E-state index is 12.2. The Balaban J connectivity index is 1.64. The summed E-state index contributed by atoms with van der Waals surface area (Å²) in [6, 6.07) is 5.51. The fourth-order valence-corrected chi connectivity index (χ4v) is 2.67. The summed E-state index contributed by atoms with van der Waals surface area (Å²) in [6.45, 7) is 5.07. The second-order valence-corrected chi connectivity index (χ2v) is 6.01. The van der Waals surface area contributed by atoms with Crippen LogP contribution in [0.15, 0.2) is 18.2 Å². The summed E-state index contributed by atoms with van der Waals surface area (Å²) >= 11 is 0. The third-order valence-electron chi connectivity index (χ3n) is 3.96. The van der Waals surface area contributed by atoms with Gasteiger partial charge in [-0.25, -0.2) is 0 Å². The van der Waals surface area contributed by atoms with Crippen LogP contribution in [0, 0.1) is 11.8 Å². The number of benzene rings is 1. The number of hydrogen-bond acceptors (Lipinski definition) is 4. The zero-order valence-corrected chi connectivity index (χ0v) is 12.8. The highest BCUT2D eigenvalue weighted by atomic mass is 16.7. The summed E-state index contributed by atoms with van der Waals surface area (Å²) in [5.41, 5.74) is 0.812. The Morgan fingerprint density at radius 2 is 2.14 bits per heavy atom. The molecule has 1 N–H and O–H groups in total. The largest absolute Gasteiger partial charge is 0.454 e. The lowest BCUT2D eigenvalue weighted by Crippen LogP contribution is -2.33. The molecule has 1 saturated heterocycles. The number of amides is 2. The summed E-state index contributed by atoms with van der Waals surface area (Å²) in [7, 11) is 0. The van der Waals surface area contributed by atoms with E-state index in [0.717, 1.165) is 5.69 Å². The Labute approximate surface area is 129 Å². The van der Waals surface area contributed by atoms with Gasteiger partial charge in [-0.05, 0) is 12.1 Å². The van der Waals surface area contributed by atoms with E-state index >= 15 is 0 Å². The smallest absolute Gasteiger partial charge is 0.231 e. The van der Waals surface area contributed by atoms with E-state index in [9.17, 15) is 9.59 Å². The molecule has 0 aromatic heterocycles. The molecule has 22 heavy (non-hydrogen) atoms. The van der Waals surface area contributed by atoms with Gasteiger partial charge in [-0.3, -0.25) is 9.59 Å². The lowest BCUT2D eigenvalue weighted by Gasteiger charge is -2.17. The Kier molecular flexibility index (Phi) is 3.92. The molecule has 0 saturated carbocycles. The summed E-state index contributed by atoms with van der Waals surface area (Å²) in [5, 5.41) is 2.90. The van der Waals surface area contributed by atoms with E-state index in [1.807, 2.05) is 32.0 Å². The maximum Gasteiger partial charge on any atom is 0.231 e. The fourth-order valence-electron chi connectivity index (χ4n) is 2.67. The van der Waals surface area contributed by atoms with Gasteiger partial charge in [0.2, 0.25) is 18.6 Å². The van der Waals surface area contributed by atoms with Gasteiger partial charge in [0.1, 0.15) is 0 Å². The number of carbonyl (C=O) groups is 2. The van der Waals surface area contributed by atoms with Gasteiger partial charge in [-0.15, -0.1) is 0 Å². The predicted molar refractivity (Wildman–Crippen MR) is 80.9 cm³/mol. The van der Waals surface area contributed by atoms with Crippen molar-refractivity contribution in [2.75, 3.05) is 24.8 Å². The Hall–Kier alpha value is -2.24. The van der Waals surface area contributed by atoms with Crippen LogP contribution < -0.4 is 19.7 Å². The fraction of sp³-hybridized carbons (Fsp3) is 0.500. The van der Waals surface area contributed by atoms with Crippen molar-refractivity contribution in [3.63, 3.8) is 0 Å². The van der Waals surface area contributed by atoms with Gasteiger partial charge in [0.05, 0.1) is 0 Å². The van der Waals surface area contributed by atoms with Crippen LogP contribution in [0.5, 0.6) is 11.5 Å². The first kappa shape index (κ1) is 14.7. The standard InChI is InChI=1S/C16H20N2O4/c1-10(2)16(20)17-7-11-5-15(19)18(8-11)12-3-4-13-14(6-12)22-9-21-13/h3-4,6,10-11H,5,7-9H2,1-2H3,(H,17,20)/t11-/m1/s1. The van der Waals surface area contributed by atoms with E-state index in [0.29, 0.717) is 31.0 Å². The Morgan fingerprint density at radius 3 is 2.91 bits per heavy atom. The van der Waals surface area contributed by atoms with Gasteiger partial charge in [-0.2, -0.15) is 0 Å². The van der Waals surface area contributed by atoms with E-state index in [4.69, 9.17) is 9.47 Å². The second kappa shape index (κ2) is 5.87. The number of nitrogens with one attached hydrogen (secondary N) is 1. The average Bonchev–Trinajstić information content (AvgIpc) is 3.09. The van der Waals surface area contributed by atoms with Crippen molar-refractivity contribution in [1.29, 1.82) is 0 Å². The molecule has 6 nitrogen and oxygen atoms in total. The Bertz CT molecular complexity index is 600. The van der Waals surface area contributed by atoms with Crippen LogP contribution in [0.25, 0.3) is 0 Å². The van der Waals surface area contributed by atoms with Gasteiger partial charge in [0.15, 0.2) is 11.5 Å². The Morgan fingerprint density at radius 1 is 1.36 bits per heavy atom. The summed E-state index contributed by atoms with van der Waals surface area (Å²) in [4.78, 5) is 25.6. The minimum atomic E-state index is -0.0398. The average molecular weight is 304 g/mol. The van der Waals surface area contributed by atoms with Crippen LogP contribution in [-0.4, -0.2) is 31.7 Å². The number of fused-ring (bicyclic) bond motifs is 1. The van der Waals surface area contributed by atoms with Crippen molar-refractivity contribution in [2.24, 2.45) is 11.8 Å². The van der Waals surface area contributed by atoms with Crippen molar-refractivity contribution >= 4 is 17.5 Å². The molecule has 0 radical (unpaired) electrons. The van der Waals surface area contributed by atoms with Gasteiger partial charge < -0.3 is 19.7 Å². The van der Waals surface area contributed by atoms with Crippen LogP contribution in [0.3, 0.4) is 0 Å². The molecule has 118 valence electrons. The molecule has 1 aromatic carbocycles. The first-order valence-electron chi connectivity index (χ1n) is 7.52. The quantitative estimate of drug-likeness (QED) is 0.916. The minimum Gasteiger partial charge on any atom is -0.454 e. The highest BCUT2D eigenvalue weighted by molar-refractivity contribution is 5.96. The van der Waals surface area contributed by atoms with Crippen molar-refractivity contribution in [1.82, 2.24) is 5.32 Å². The first-order valence-corrected chi connectivity index (χ1v) is 7.52. The number of rotatable bonds is 4.